The second kappa shape index (κ2) is 9.49. The first kappa shape index (κ1) is 20.8. The number of nitrogens with zero attached hydrogens (tertiary/aromatic N) is 2. The third-order valence-electron chi connectivity index (χ3n) is 3.82. The van der Waals surface area contributed by atoms with Gasteiger partial charge in [-0.25, -0.2) is 9.78 Å². The maximum absolute atomic E-state index is 11.6. The fourth-order valence-corrected chi connectivity index (χ4v) is 3.36. The molecule has 7 nitrogen and oxygen atoms in total. The number of aliphatic carboxylic acids is 1. The highest BCUT2D eigenvalue weighted by molar-refractivity contribution is 8.04. The molecule has 0 fully saturated rings. The summed E-state index contributed by atoms with van der Waals surface area (Å²) in [6.45, 7) is 2.03. The molecule has 1 heterocycles. The lowest BCUT2D eigenvalue weighted by molar-refractivity contribution is -0.131. The molecule has 0 bridgehead atoms. The molecule has 0 saturated heterocycles. The molecule has 29 heavy (non-hydrogen) atoms. The lowest BCUT2D eigenvalue weighted by Crippen LogP contribution is -1.99. The van der Waals surface area contributed by atoms with Crippen molar-refractivity contribution < 1.29 is 19.4 Å². The molecular formula is C20H18ClN3O4S. The molecule has 9 heteroatoms. The quantitative estimate of drug-likeness (QED) is 0.398. The minimum Gasteiger partial charge on any atom is -0.493 e. The highest BCUT2D eigenvalue weighted by atomic mass is 35.5. The Hall–Kier alpha value is -2.97. The van der Waals surface area contributed by atoms with Crippen molar-refractivity contribution in [1.82, 2.24) is 15.2 Å². The molecule has 0 aliphatic heterocycles. The highest BCUT2D eigenvalue weighted by Crippen LogP contribution is 2.32. The van der Waals surface area contributed by atoms with Crippen LogP contribution in [0.5, 0.6) is 11.5 Å². The van der Waals surface area contributed by atoms with E-state index in [2.05, 4.69) is 15.2 Å². The number of carboxylic acid groups (broad SMARTS) is 1. The van der Waals surface area contributed by atoms with Crippen LogP contribution in [-0.4, -0.2) is 33.4 Å². The van der Waals surface area contributed by atoms with E-state index in [1.54, 1.807) is 31.2 Å². The molecule has 0 radical (unpaired) electrons. The molecule has 3 rings (SSSR count). The number of ether oxygens (including phenoxy) is 2. The molecule has 0 spiro atoms. The smallest absolute Gasteiger partial charge is 0.342 e. The molecule has 1 aromatic heterocycles. The maximum Gasteiger partial charge on any atom is 0.342 e. The van der Waals surface area contributed by atoms with Gasteiger partial charge in [0.25, 0.3) is 0 Å². The van der Waals surface area contributed by atoms with E-state index in [9.17, 15) is 9.90 Å². The van der Waals surface area contributed by atoms with Gasteiger partial charge in [0.15, 0.2) is 11.5 Å². The number of halogens is 1. The van der Waals surface area contributed by atoms with Crippen LogP contribution in [0.1, 0.15) is 17.0 Å². The van der Waals surface area contributed by atoms with Crippen molar-refractivity contribution in [1.29, 1.82) is 0 Å². The zero-order valence-electron chi connectivity index (χ0n) is 15.7. The van der Waals surface area contributed by atoms with E-state index in [0.717, 1.165) is 17.3 Å². The van der Waals surface area contributed by atoms with Crippen LogP contribution in [0, 0.1) is 6.92 Å². The first-order valence-electron chi connectivity index (χ1n) is 8.52. The first-order valence-corrected chi connectivity index (χ1v) is 9.72. The summed E-state index contributed by atoms with van der Waals surface area (Å²) in [5.41, 5.74) is 1.50. The minimum atomic E-state index is -1.07. The Morgan fingerprint density at radius 3 is 2.72 bits per heavy atom. The monoisotopic (exact) mass is 431 g/mol. The third kappa shape index (κ3) is 5.52. The van der Waals surface area contributed by atoms with Crippen molar-refractivity contribution in [2.24, 2.45) is 0 Å². The predicted molar refractivity (Wildman–Crippen MR) is 111 cm³/mol. The fraction of sp³-hybridized carbons (Fsp3) is 0.150. The van der Waals surface area contributed by atoms with Crippen molar-refractivity contribution in [3.05, 3.63) is 69.3 Å². The van der Waals surface area contributed by atoms with Crippen molar-refractivity contribution in [2.45, 2.75) is 18.7 Å². The Bertz CT molecular complexity index is 1050. The fourth-order valence-electron chi connectivity index (χ4n) is 2.42. The van der Waals surface area contributed by atoms with Crippen LogP contribution in [0.2, 0.25) is 5.02 Å². The van der Waals surface area contributed by atoms with Gasteiger partial charge in [-0.1, -0.05) is 35.9 Å². The van der Waals surface area contributed by atoms with Crippen molar-refractivity contribution in [3.63, 3.8) is 0 Å². The van der Waals surface area contributed by atoms with E-state index in [1.807, 2.05) is 18.2 Å². The summed E-state index contributed by atoms with van der Waals surface area (Å²) in [5, 5.41) is 17.1. The molecule has 0 amide bonds. The number of hydrogen-bond donors (Lipinski definition) is 2. The second-order valence-electron chi connectivity index (χ2n) is 5.91. The van der Waals surface area contributed by atoms with Crippen LogP contribution in [0.15, 0.2) is 52.5 Å². The van der Waals surface area contributed by atoms with Gasteiger partial charge in [-0.15, -0.1) is 5.10 Å². The standard InChI is InChI=1S/C20H18ClN3O4S/c1-12-22-20(24-23-12)29-18(19(25)26)10-13-7-8-16(17(9-13)27-2)28-11-14-5-3-4-6-15(14)21/h3-10H,11H2,1-2H3,(H,25,26)(H,22,23,24). The van der Waals surface area contributed by atoms with Crippen LogP contribution in [-0.2, 0) is 11.4 Å². The number of thioether (sulfide) groups is 1. The van der Waals surface area contributed by atoms with Gasteiger partial charge in [0, 0.05) is 10.6 Å². The molecule has 150 valence electrons. The lowest BCUT2D eigenvalue weighted by atomic mass is 10.2. The van der Waals surface area contributed by atoms with Gasteiger partial charge in [0.1, 0.15) is 17.3 Å². The average molecular weight is 432 g/mol. The first-order chi connectivity index (χ1) is 14.0. The van der Waals surface area contributed by atoms with Gasteiger partial charge in [-0.3, -0.25) is 5.10 Å². The van der Waals surface area contributed by atoms with Gasteiger partial charge in [0.2, 0.25) is 5.16 Å². The Morgan fingerprint density at radius 1 is 1.28 bits per heavy atom. The minimum absolute atomic E-state index is 0.0794. The number of carbonyl (C=O) groups is 1. The molecule has 0 aliphatic rings. The number of rotatable bonds is 8. The van der Waals surface area contributed by atoms with Crippen molar-refractivity contribution >= 4 is 35.4 Å². The Morgan fingerprint density at radius 2 is 2.07 bits per heavy atom. The van der Waals surface area contributed by atoms with Crippen LogP contribution in [0.3, 0.4) is 0 Å². The molecule has 0 aliphatic carbocycles. The second-order valence-corrected chi connectivity index (χ2v) is 7.33. The van der Waals surface area contributed by atoms with E-state index in [1.165, 1.54) is 13.2 Å². The van der Waals surface area contributed by atoms with Gasteiger partial charge in [-0.2, -0.15) is 0 Å². The van der Waals surface area contributed by atoms with E-state index < -0.39 is 5.97 Å². The van der Waals surface area contributed by atoms with Gasteiger partial charge in [-0.05, 0) is 48.5 Å². The number of aryl methyl sites for hydroxylation is 1. The molecule has 2 N–H and O–H groups in total. The van der Waals surface area contributed by atoms with E-state index >= 15 is 0 Å². The van der Waals surface area contributed by atoms with Crippen LogP contribution in [0.25, 0.3) is 6.08 Å². The number of hydrogen-bond acceptors (Lipinski definition) is 6. The number of carboxylic acids is 1. The van der Waals surface area contributed by atoms with E-state index in [0.29, 0.717) is 33.1 Å². The topological polar surface area (TPSA) is 97.3 Å². The SMILES string of the molecule is COc1cc(C=C(Sc2n[nH]c(C)n2)C(=O)O)ccc1OCc1ccccc1Cl. The largest absolute Gasteiger partial charge is 0.493 e. The molecule has 0 atom stereocenters. The van der Waals surface area contributed by atoms with Gasteiger partial charge >= 0.3 is 5.97 Å². The third-order valence-corrected chi connectivity index (χ3v) is 5.06. The Balaban J connectivity index is 1.80. The molecule has 0 saturated carbocycles. The zero-order chi connectivity index (χ0) is 20.8. The summed E-state index contributed by atoms with van der Waals surface area (Å²) in [6, 6.07) is 12.6. The molecule has 2 aromatic carbocycles. The normalized spacial score (nSPS) is 11.3. The number of benzene rings is 2. The number of nitrogens with one attached hydrogen (secondary N) is 1. The van der Waals surface area contributed by atoms with Crippen LogP contribution < -0.4 is 9.47 Å². The van der Waals surface area contributed by atoms with Gasteiger partial charge < -0.3 is 14.6 Å². The predicted octanol–water partition coefficient (Wildman–Crippen LogP) is 4.57. The lowest BCUT2D eigenvalue weighted by Gasteiger charge is -2.12. The number of methoxy groups -OCH3 is 1. The Kier molecular flexibility index (Phi) is 6.79. The summed E-state index contributed by atoms with van der Waals surface area (Å²) in [7, 11) is 1.52. The summed E-state index contributed by atoms with van der Waals surface area (Å²) in [5.74, 6) is 0.544. The van der Waals surface area contributed by atoms with Crippen LogP contribution >= 0.6 is 23.4 Å². The molecular weight excluding hydrogens is 414 g/mol. The highest BCUT2D eigenvalue weighted by Gasteiger charge is 2.14. The molecule has 0 unspecified atom stereocenters. The molecule has 3 aromatic rings. The number of aromatic amines is 1. The van der Waals surface area contributed by atoms with E-state index in [4.69, 9.17) is 21.1 Å². The summed E-state index contributed by atoms with van der Waals surface area (Å²) < 4.78 is 11.2. The summed E-state index contributed by atoms with van der Waals surface area (Å²) >= 11 is 7.12. The average Bonchev–Trinajstić information content (AvgIpc) is 3.12. The summed E-state index contributed by atoms with van der Waals surface area (Å²) in [6.07, 6.45) is 1.53. The number of H-pyrrole nitrogens is 1. The summed E-state index contributed by atoms with van der Waals surface area (Å²) in [4.78, 5) is 15.8. The van der Waals surface area contributed by atoms with Gasteiger partial charge in [0.05, 0.1) is 7.11 Å². The van der Waals surface area contributed by atoms with E-state index in [-0.39, 0.29) is 11.5 Å². The number of aromatic nitrogens is 3. The van der Waals surface area contributed by atoms with Crippen LogP contribution in [0.4, 0.5) is 0 Å². The van der Waals surface area contributed by atoms with Crippen molar-refractivity contribution in [3.8, 4) is 11.5 Å². The van der Waals surface area contributed by atoms with Crippen molar-refractivity contribution in [2.75, 3.05) is 7.11 Å². The zero-order valence-corrected chi connectivity index (χ0v) is 17.3. The Labute approximate surface area is 176 Å². The maximum atomic E-state index is 11.6.